The minimum absolute atomic E-state index is 0.0244. The number of hydrogen-bond acceptors (Lipinski definition) is 2. The summed E-state index contributed by atoms with van der Waals surface area (Å²) in [6.07, 6.45) is 8.34. The van der Waals surface area contributed by atoms with E-state index < -0.39 is 0 Å². The second kappa shape index (κ2) is 6.55. The number of nitrogens with one attached hydrogen (secondary N) is 1. The molecule has 1 fully saturated rings. The van der Waals surface area contributed by atoms with Crippen molar-refractivity contribution in [3.63, 3.8) is 0 Å². The molecule has 1 heterocycles. The fraction of sp³-hybridized carbons (Fsp3) is 0.769. The maximum atomic E-state index is 12.2. The van der Waals surface area contributed by atoms with Gasteiger partial charge in [0.05, 0.1) is 12.6 Å². The third kappa shape index (κ3) is 3.53. The summed E-state index contributed by atoms with van der Waals surface area (Å²) in [6.45, 7) is 6.39. The molecule has 1 aliphatic rings. The van der Waals surface area contributed by atoms with Crippen molar-refractivity contribution in [2.24, 2.45) is 5.92 Å². The summed E-state index contributed by atoms with van der Waals surface area (Å²) in [5, 5.41) is 3.29. The van der Waals surface area contributed by atoms with Crippen LogP contribution in [0.2, 0.25) is 0 Å². The van der Waals surface area contributed by atoms with Gasteiger partial charge in [-0.2, -0.15) is 0 Å². The van der Waals surface area contributed by atoms with Gasteiger partial charge in [0.25, 0.3) is 0 Å². The molecule has 0 saturated carbocycles. The fourth-order valence-corrected chi connectivity index (χ4v) is 2.16. The molecule has 0 bridgehead atoms. The predicted octanol–water partition coefficient (Wildman–Crippen LogP) is 1.25. The lowest BCUT2D eigenvalue weighted by Gasteiger charge is -2.31. The molecular formula is C13H22N2O. The zero-order valence-corrected chi connectivity index (χ0v) is 10.3. The summed E-state index contributed by atoms with van der Waals surface area (Å²) in [5.41, 5.74) is 0. The van der Waals surface area contributed by atoms with Crippen molar-refractivity contribution in [2.45, 2.75) is 39.2 Å². The third-order valence-electron chi connectivity index (χ3n) is 3.05. The van der Waals surface area contributed by atoms with Crippen LogP contribution in [0.15, 0.2) is 0 Å². The van der Waals surface area contributed by atoms with Crippen molar-refractivity contribution in [2.75, 3.05) is 19.6 Å². The molecule has 0 spiro atoms. The van der Waals surface area contributed by atoms with Crippen LogP contribution in [0.25, 0.3) is 0 Å². The van der Waals surface area contributed by atoms with Gasteiger partial charge >= 0.3 is 0 Å². The van der Waals surface area contributed by atoms with Crippen LogP contribution in [0.1, 0.15) is 33.1 Å². The van der Waals surface area contributed by atoms with Crippen molar-refractivity contribution in [1.29, 1.82) is 0 Å². The van der Waals surface area contributed by atoms with E-state index in [0.717, 1.165) is 32.4 Å². The Morgan fingerprint density at radius 3 is 2.94 bits per heavy atom. The number of rotatable bonds is 4. The Bertz CT molecular complexity index is 270. The van der Waals surface area contributed by atoms with Crippen LogP contribution in [-0.2, 0) is 4.79 Å². The number of hydrogen-bond donors (Lipinski definition) is 1. The zero-order chi connectivity index (χ0) is 12.0. The van der Waals surface area contributed by atoms with Gasteiger partial charge in [0.2, 0.25) is 5.91 Å². The molecule has 1 amide bonds. The molecule has 3 heteroatoms. The van der Waals surface area contributed by atoms with Gasteiger partial charge in [-0.25, -0.2) is 0 Å². The molecule has 0 radical (unpaired) electrons. The summed E-state index contributed by atoms with van der Waals surface area (Å²) in [5.74, 6) is 3.36. The number of terminal acetylenes is 1. The maximum Gasteiger partial charge on any atom is 0.240 e. The summed E-state index contributed by atoms with van der Waals surface area (Å²) < 4.78 is 0. The Morgan fingerprint density at radius 2 is 2.38 bits per heavy atom. The van der Waals surface area contributed by atoms with Crippen molar-refractivity contribution < 1.29 is 4.79 Å². The predicted molar refractivity (Wildman–Crippen MR) is 65.9 cm³/mol. The normalized spacial score (nSPS) is 24.8. The largest absolute Gasteiger partial charge is 0.330 e. The van der Waals surface area contributed by atoms with E-state index in [2.05, 4.69) is 25.1 Å². The molecule has 2 atom stereocenters. The van der Waals surface area contributed by atoms with Gasteiger partial charge in [-0.05, 0) is 31.7 Å². The Kier molecular flexibility index (Phi) is 5.34. The SMILES string of the molecule is C#CCN(CCC)C(=O)C1CC(C)CCN1. The molecule has 0 aliphatic carbocycles. The first-order chi connectivity index (χ1) is 7.69. The lowest BCUT2D eigenvalue weighted by Crippen LogP contribution is -2.50. The summed E-state index contributed by atoms with van der Waals surface area (Å²) >= 11 is 0. The maximum absolute atomic E-state index is 12.2. The van der Waals surface area contributed by atoms with Gasteiger partial charge in [-0.1, -0.05) is 19.8 Å². The first kappa shape index (κ1) is 13.1. The van der Waals surface area contributed by atoms with E-state index in [9.17, 15) is 4.79 Å². The molecule has 0 aromatic rings. The standard InChI is InChI=1S/C13H22N2O/c1-4-8-15(9-5-2)13(16)12-10-11(3)6-7-14-12/h1,11-12,14H,5-10H2,2-3H3. The monoisotopic (exact) mass is 222 g/mol. The minimum Gasteiger partial charge on any atom is -0.330 e. The van der Waals surface area contributed by atoms with E-state index in [1.165, 1.54) is 0 Å². The van der Waals surface area contributed by atoms with Crippen LogP contribution in [0.5, 0.6) is 0 Å². The molecule has 2 unspecified atom stereocenters. The van der Waals surface area contributed by atoms with Crippen LogP contribution in [0.4, 0.5) is 0 Å². The van der Waals surface area contributed by atoms with E-state index in [0.29, 0.717) is 12.5 Å². The third-order valence-corrected chi connectivity index (χ3v) is 3.05. The topological polar surface area (TPSA) is 32.3 Å². The second-order valence-electron chi connectivity index (χ2n) is 4.60. The first-order valence-electron chi connectivity index (χ1n) is 6.14. The number of carbonyl (C=O) groups is 1. The molecule has 90 valence electrons. The summed E-state index contributed by atoms with van der Waals surface area (Å²) in [4.78, 5) is 14.0. The smallest absolute Gasteiger partial charge is 0.240 e. The number of nitrogens with zero attached hydrogens (tertiary/aromatic N) is 1. The summed E-state index contributed by atoms with van der Waals surface area (Å²) in [7, 11) is 0. The molecule has 1 aliphatic heterocycles. The number of carbonyl (C=O) groups excluding carboxylic acids is 1. The van der Waals surface area contributed by atoms with Gasteiger partial charge in [-0.3, -0.25) is 4.79 Å². The van der Waals surface area contributed by atoms with Crippen LogP contribution in [-0.4, -0.2) is 36.5 Å². The average molecular weight is 222 g/mol. The van der Waals surface area contributed by atoms with Crippen LogP contribution in [0.3, 0.4) is 0 Å². The highest BCUT2D eigenvalue weighted by molar-refractivity contribution is 5.82. The Labute approximate surface area is 98.6 Å². The van der Waals surface area contributed by atoms with Crippen molar-refractivity contribution in [3.05, 3.63) is 0 Å². The van der Waals surface area contributed by atoms with Gasteiger partial charge < -0.3 is 10.2 Å². The molecular weight excluding hydrogens is 200 g/mol. The van der Waals surface area contributed by atoms with Gasteiger partial charge in [0.15, 0.2) is 0 Å². The van der Waals surface area contributed by atoms with E-state index in [1.54, 1.807) is 4.90 Å². The van der Waals surface area contributed by atoms with E-state index in [4.69, 9.17) is 6.42 Å². The highest BCUT2D eigenvalue weighted by Crippen LogP contribution is 2.16. The van der Waals surface area contributed by atoms with Gasteiger partial charge in [-0.15, -0.1) is 6.42 Å². The van der Waals surface area contributed by atoms with Crippen molar-refractivity contribution in [1.82, 2.24) is 10.2 Å². The zero-order valence-electron chi connectivity index (χ0n) is 10.3. The quantitative estimate of drug-likeness (QED) is 0.726. The molecule has 1 N–H and O–H groups in total. The number of piperidine rings is 1. The average Bonchev–Trinajstić information content (AvgIpc) is 2.28. The van der Waals surface area contributed by atoms with Crippen molar-refractivity contribution in [3.8, 4) is 12.3 Å². The first-order valence-corrected chi connectivity index (χ1v) is 6.14. The van der Waals surface area contributed by atoms with Crippen LogP contribution in [0, 0.1) is 18.3 Å². The molecule has 0 aromatic carbocycles. The Balaban J connectivity index is 2.55. The molecule has 0 aromatic heterocycles. The van der Waals surface area contributed by atoms with Gasteiger partial charge in [0, 0.05) is 6.54 Å². The van der Waals surface area contributed by atoms with Crippen molar-refractivity contribution >= 4 is 5.91 Å². The van der Waals surface area contributed by atoms with E-state index in [-0.39, 0.29) is 11.9 Å². The van der Waals surface area contributed by atoms with Gasteiger partial charge in [0.1, 0.15) is 0 Å². The number of amides is 1. The molecule has 3 nitrogen and oxygen atoms in total. The highest BCUT2D eigenvalue weighted by atomic mass is 16.2. The minimum atomic E-state index is -0.0244. The molecule has 1 saturated heterocycles. The second-order valence-corrected chi connectivity index (χ2v) is 4.60. The molecule has 16 heavy (non-hydrogen) atoms. The highest BCUT2D eigenvalue weighted by Gasteiger charge is 2.27. The van der Waals surface area contributed by atoms with Crippen LogP contribution >= 0.6 is 0 Å². The lowest BCUT2D eigenvalue weighted by atomic mass is 9.93. The fourth-order valence-electron chi connectivity index (χ4n) is 2.16. The Morgan fingerprint density at radius 1 is 1.62 bits per heavy atom. The Hall–Kier alpha value is -1.01. The summed E-state index contributed by atoms with van der Waals surface area (Å²) in [6, 6.07) is -0.0244. The van der Waals surface area contributed by atoms with E-state index >= 15 is 0 Å². The van der Waals surface area contributed by atoms with E-state index in [1.807, 2.05) is 0 Å². The van der Waals surface area contributed by atoms with Crippen LogP contribution < -0.4 is 5.32 Å². The lowest BCUT2D eigenvalue weighted by molar-refractivity contribution is -0.133. The molecule has 1 rings (SSSR count).